The number of para-hydroxylation sites is 1. The second-order valence-electron chi connectivity index (χ2n) is 9.26. The van der Waals surface area contributed by atoms with Crippen LogP contribution in [0.4, 0.5) is 11.4 Å². The lowest BCUT2D eigenvalue weighted by molar-refractivity contribution is -0.384. The maximum Gasteiger partial charge on any atom is 0.334 e. The van der Waals surface area contributed by atoms with E-state index in [1.165, 1.54) is 12.1 Å². The largest absolute Gasteiger partial charge is 0.490 e. The first-order valence-corrected chi connectivity index (χ1v) is 11.7. The van der Waals surface area contributed by atoms with Gasteiger partial charge in [-0.2, -0.15) is 0 Å². The third-order valence-electron chi connectivity index (χ3n) is 6.19. The van der Waals surface area contributed by atoms with Gasteiger partial charge in [0.25, 0.3) is 5.69 Å². The molecule has 3 aliphatic rings. The molecule has 0 aliphatic carbocycles. The summed E-state index contributed by atoms with van der Waals surface area (Å²) in [5, 5.41) is 24.5. The van der Waals surface area contributed by atoms with Crippen LogP contribution in [0.25, 0.3) is 5.70 Å². The van der Waals surface area contributed by atoms with Gasteiger partial charge in [-0.15, -0.1) is 0 Å². The van der Waals surface area contributed by atoms with Gasteiger partial charge < -0.3 is 19.3 Å². The zero-order valence-electron chi connectivity index (χ0n) is 20.5. The van der Waals surface area contributed by atoms with Gasteiger partial charge >= 0.3 is 5.97 Å². The van der Waals surface area contributed by atoms with Gasteiger partial charge in [0, 0.05) is 17.7 Å². The quantitative estimate of drug-likeness (QED) is 0.438. The molecule has 2 unspecified atom stereocenters. The number of nitro benzene ring substituents is 1. The van der Waals surface area contributed by atoms with Crippen molar-refractivity contribution in [1.82, 2.24) is 5.01 Å². The van der Waals surface area contributed by atoms with Crippen molar-refractivity contribution in [2.24, 2.45) is 4.99 Å². The number of non-ortho nitro benzene ring substituents is 1. The lowest BCUT2D eigenvalue weighted by atomic mass is 10.1. The summed E-state index contributed by atoms with van der Waals surface area (Å²) in [7, 11) is 0. The monoisotopic (exact) mass is 506 g/mol. The lowest BCUT2D eigenvalue weighted by Gasteiger charge is -2.41. The molecule has 37 heavy (non-hydrogen) atoms. The van der Waals surface area contributed by atoms with E-state index in [9.17, 15) is 20.0 Å². The average molecular weight is 507 g/mol. The van der Waals surface area contributed by atoms with E-state index in [1.54, 1.807) is 35.2 Å². The number of nitro groups is 1. The molecule has 0 saturated carbocycles. The van der Waals surface area contributed by atoms with Crippen LogP contribution in [-0.4, -0.2) is 57.9 Å². The van der Waals surface area contributed by atoms with Gasteiger partial charge in [0.05, 0.1) is 28.6 Å². The average Bonchev–Trinajstić information content (AvgIpc) is 3.39. The molecule has 5 rings (SSSR count). The molecule has 0 radical (unpaired) electrons. The van der Waals surface area contributed by atoms with Gasteiger partial charge in [-0.1, -0.05) is 12.1 Å². The van der Waals surface area contributed by atoms with Crippen LogP contribution >= 0.6 is 0 Å². The molecule has 11 nitrogen and oxygen atoms in total. The number of benzene rings is 2. The number of aliphatic imine (C=N–C) groups is 1. The number of hydrazine groups is 1. The first-order chi connectivity index (χ1) is 17.6. The smallest absolute Gasteiger partial charge is 0.334 e. The van der Waals surface area contributed by atoms with Gasteiger partial charge in [0.1, 0.15) is 24.3 Å². The summed E-state index contributed by atoms with van der Waals surface area (Å²) in [5.74, 6) is -0.727. The first-order valence-electron chi connectivity index (χ1n) is 11.7. The summed E-state index contributed by atoms with van der Waals surface area (Å²) in [4.78, 5) is 27.5. The predicted octanol–water partition coefficient (Wildman–Crippen LogP) is 3.97. The number of ether oxygens (including phenoxy) is 3. The van der Waals surface area contributed by atoms with Crippen LogP contribution in [0.3, 0.4) is 0 Å². The number of nitrogens with zero attached hydrogens (tertiary/aromatic N) is 4. The number of carboxylic acids is 1. The van der Waals surface area contributed by atoms with Gasteiger partial charge in [0.15, 0.2) is 11.8 Å². The highest BCUT2D eigenvalue weighted by Crippen LogP contribution is 2.41. The summed E-state index contributed by atoms with van der Waals surface area (Å²) < 4.78 is 17.7. The number of hydrogen-bond donors (Lipinski definition) is 1. The summed E-state index contributed by atoms with van der Waals surface area (Å²) in [6.45, 7) is 6.02. The van der Waals surface area contributed by atoms with Crippen molar-refractivity contribution in [2.75, 3.05) is 18.2 Å². The lowest BCUT2D eigenvalue weighted by Crippen LogP contribution is -2.51. The van der Waals surface area contributed by atoms with Crippen LogP contribution < -0.4 is 9.75 Å². The van der Waals surface area contributed by atoms with Crippen molar-refractivity contribution in [3.63, 3.8) is 0 Å². The van der Waals surface area contributed by atoms with Crippen molar-refractivity contribution in [1.29, 1.82) is 0 Å². The minimum atomic E-state index is -1.07. The summed E-state index contributed by atoms with van der Waals surface area (Å²) in [6, 6.07) is 12.3. The summed E-state index contributed by atoms with van der Waals surface area (Å²) in [5.41, 5.74) is 2.20. The third-order valence-corrected chi connectivity index (χ3v) is 6.19. The molecule has 11 heteroatoms. The van der Waals surface area contributed by atoms with E-state index in [1.807, 2.05) is 44.2 Å². The highest BCUT2D eigenvalue weighted by atomic mass is 16.7. The number of aliphatic carboxylic acids is 1. The third kappa shape index (κ3) is 4.66. The minimum absolute atomic E-state index is 0.0730. The molecule has 2 aromatic carbocycles. The molecule has 3 heterocycles. The van der Waals surface area contributed by atoms with Crippen molar-refractivity contribution >= 4 is 28.8 Å². The fourth-order valence-electron chi connectivity index (χ4n) is 4.57. The molecule has 0 bridgehead atoms. The summed E-state index contributed by atoms with van der Waals surface area (Å²) >= 11 is 0. The van der Waals surface area contributed by atoms with E-state index in [0.29, 0.717) is 40.8 Å². The van der Waals surface area contributed by atoms with Crippen LogP contribution in [0, 0.1) is 10.1 Å². The second-order valence-corrected chi connectivity index (χ2v) is 9.26. The van der Waals surface area contributed by atoms with E-state index < -0.39 is 22.7 Å². The second kappa shape index (κ2) is 9.34. The van der Waals surface area contributed by atoms with Crippen LogP contribution in [0.15, 0.2) is 71.5 Å². The molecular formula is C26H26N4O7. The molecule has 2 aromatic rings. The fraction of sp³-hybridized carbons (Fsp3) is 0.308. The minimum Gasteiger partial charge on any atom is -0.490 e. The molecule has 1 saturated heterocycles. The number of carbonyl (C=O) groups is 1. The maximum absolute atomic E-state index is 12.3. The Morgan fingerprint density at radius 2 is 1.95 bits per heavy atom. The van der Waals surface area contributed by atoms with Gasteiger partial charge in [0.2, 0.25) is 0 Å². The Kier molecular flexibility index (Phi) is 6.18. The number of hydrogen-bond acceptors (Lipinski definition) is 9. The highest BCUT2D eigenvalue weighted by molar-refractivity contribution is 6.07. The SMILES string of the molecule is CC1=NC2=CC=C(c3ccccc3OCC3COC(C)(C)O3)N(c3ccc([N+](=O)[O-])cc3)N2C1C(=O)O. The van der Waals surface area contributed by atoms with E-state index >= 15 is 0 Å². The van der Waals surface area contributed by atoms with Crippen molar-refractivity contribution in [2.45, 2.75) is 38.7 Å². The van der Waals surface area contributed by atoms with Crippen molar-refractivity contribution in [3.05, 3.63) is 82.2 Å². The number of carboxylic acid groups (broad SMARTS) is 1. The number of anilines is 1. The Labute approximate surface area is 213 Å². The zero-order valence-corrected chi connectivity index (χ0v) is 20.5. The Morgan fingerprint density at radius 1 is 1.22 bits per heavy atom. The number of rotatable bonds is 7. The predicted molar refractivity (Wildman–Crippen MR) is 135 cm³/mol. The molecule has 2 atom stereocenters. The highest BCUT2D eigenvalue weighted by Gasteiger charge is 2.42. The van der Waals surface area contributed by atoms with Crippen LogP contribution in [0.2, 0.25) is 0 Å². The number of fused-ring (bicyclic) bond motifs is 1. The van der Waals surface area contributed by atoms with E-state index in [0.717, 1.165) is 0 Å². The summed E-state index contributed by atoms with van der Waals surface area (Å²) in [6.07, 6.45) is 3.33. The Bertz CT molecular complexity index is 1330. The molecule has 3 aliphatic heterocycles. The molecule has 1 N–H and O–H groups in total. The van der Waals surface area contributed by atoms with Gasteiger partial charge in [-0.25, -0.2) is 14.8 Å². The van der Waals surface area contributed by atoms with Crippen LogP contribution in [-0.2, 0) is 14.3 Å². The molecule has 0 spiro atoms. The maximum atomic E-state index is 12.3. The van der Waals surface area contributed by atoms with Crippen LogP contribution in [0.1, 0.15) is 26.3 Å². The van der Waals surface area contributed by atoms with E-state index in [4.69, 9.17) is 14.2 Å². The Morgan fingerprint density at radius 3 is 2.59 bits per heavy atom. The van der Waals surface area contributed by atoms with Gasteiger partial charge in [-0.3, -0.25) is 15.1 Å². The normalized spacial score (nSPS) is 22.2. The topological polar surface area (TPSA) is 127 Å². The Balaban J connectivity index is 1.54. The fourth-order valence-corrected chi connectivity index (χ4v) is 4.57. The number of allylic oxidation sites excluding steroid dienone is 2. The standard InChI is InChI=1S/C26H26N4O7/c1-16-24(25(31)32)29-23(27-16)13-12-21(28(29)17-8-10-18(11-9-17)30(33)34)20-6-4-5-7-22(20)35-14-19-15-36-26(2,3)37-19/h4-13,19,24H,14-15H2,1-3H3,(H,31,32). The Hall–Kier alpha value is -4.22. The van der Waals surface area contributed by atoms with E-state index in [-0.39, 0.29) is 18.4 Å². The molecule has 0 amide bonds. The first kappa shape index (κ1) is 24.5. The molecular weight excluding hydrogens is 480 g/mol. The zero-order chi connectivity index (χ0) is 26.3. The molecule has 0 aromatic heterocycles. The van der Waals surface area contributed by atoms with Crippen molar-refractivity contribution in [3.8, 4) is 5.75 Å². The molecule has 192 valence electrons. The van der Waals surface area contributed by atoms with Crippen molar-refractivity contribution < 1.29 is 29.0 Å². The molecule has 1 fully saturated rings. The van der Waals surface area contributed by atoms with E-state index in [2.05, 4.69) is 4.99 Å². The van der Waals surface area contributed by atoms with Crippen LogP contribution in [0.5, 0.6) is 5.75 Å². The van der Waals surface area contributed by atoms with Gasteiger partial charge in [-0.05, 0) is 57.2 Å².